The summed E-state index contributed by atoms with van der Waals surface area (Å²) < 4.78 is 9.45. The van der Waals surface area contributed by atoms with Crippen LogP contribution in [0.25, 0.3) is 0 Å². The van der Waals surface area contributed by atoms with Crippen molar-refractivity contribution in [3.8, 4) is 0 Å². The highest BCUT2D eigenvalue weighted by molar-refractivity contribution is 7.05. The normalized spacial score (nSPS) is 26.1. The number of nitrogens with zero attached hydrogens (tertiary/aromatic N) is 2. The van der Waals surface area contributed by atoms with Gasteiger partial charge in [-0.1, -0.05) is 0 Å². The van der Waals surface area contributed by atoms with Crippen LogP contribution in [0.5, 0.6) is 0 Å². The standard InChI is InChI=1S/C9H15N3OS/c1-2-13-7-3-6(4-7)5-8-11-9(10)12-14-8/h6-7H,2-5H2,1H3,(H2,10,12). The van der Waals surface area contributed by atoms with Crippen molar-refractivity contribution < 1.29 is 4.74 Å². The summed E-state index contributed by atoms with van der Waals surface area (Å²) in [6.07, 6.45) is 3.81. The number of anilines is 1. The Morgan fingerprint density at radius 2 is 2.36 bits per heavy atom. The van der Waals surface area contributed by atoms with E-state index in [-0.39, 0.29) is 0 Å². The van der Waals surface area contributed by atoms with E-state index in [0.29, 0.717) is 12.1 Å². The Morgan fingerprint density at radius 3 is 2.93 bits per heavy atom. The molecular weight excluding hydrogens is 198 g/mol. The molecule has 0 amide bonds. The lowest BCUT2D eigenvalue weighted by molar-refractivity contribution is -0.0240. The third kappa shape index (κ3) is 2.22. The Bertz CT molecular complexity index is 296. The molecule has 4 nitrogen and oxygen atoms in total. The first-order chi connectivity index (χ1) is 6.78. The van der Waals surface area contributed by atoms with Gasteiger partial charge in [-0.05, 0) is 37.2 Å². The molecule has 0 atom stereocenters. The minimum atomic E-state index is 0.408. The number of hydrogen-bond acceptors (Lipinski definition) is 5. The number of ether oxygens (including phenoxy) is 1. The van der Waals surface area contributed by atoms with Crippen molar-refractivity contribution in [3.63, 3.8) is 0 Å². The van der Waals surface area contributed by atoms with Crippen LogP contribution in [0.2, 0.25) is 0 Å². The van der Waals surface area contributed by atoms with E-state index in [1.54, 1.807) is 0 Å². The quantitative estimate of drug-likeness (QED) is 0.823. The van der Waals surface area contributed by atoms with Gasteiger partial charge in [0.05, 0.1) is 6.10 Å². The highest BCUT2D eigenvalue weighted by Gasteiger charge is 2.30. The van der Waals surface area contributed by atoms with Crippen molar-refractivity contribution in [2.24, 2.45) is 5.92 Å². The number of hydrogen-bond donors (Lipinski definition) is 1. The van der Waals surface area contributed by atoms with Crippen molar-refractivity contribution in [2.45, 2.75) is 32.3 Å². The predicted molar refractivity (Wildman–Crippen MR) is 56.2 cm³/mol. The molecule has 1 aliphatic carbocycles. The molecular formula is C9H15N3OS. The van der Waals surface area contributed by atoms with Crippen LogP contribution in [0.15, 0.2) is 0 Å². The zero-order valence-corrected chi connectivity index (χ0v) is 9.09. The van der Waals surface area contributed by atoms with E-state index in [1.807, 2.05) is 6.92 Å². The number of aromatic nitrogens is 2. The largest absolute Gasteiger partial charge is 0.378 e. The van der Waals surface area contributed by atoms with Crippen LogP contribution < -0.4 is 5.73 Å². The van der Waals surface area contributed by atoms with Crippen molar-refractivity contribution in [2.75, 3.05) is 12.3 Å². The molecule has 14 heavy (non-hydrogen) atoms. The molecule has 2 rings (SSSR count). The number of nitrogens with two attached hydrogens (primary N) is 1. The second kappa shape index (κ2) is 4.23. The van der Waals surface area contributed by atoms with Gasteiger partial charge in [0.1, 0.15) is 5.01 Å². The summed E-state index contributed by atoms with van der Waals surface area (Å²) in [5, 5.41) is 1.06. The summed E-state index contributed by atoms with van der Waals surface area (Å²) >= 11 is 1.41. The summed E-state index contributed by atoms with van der Waals surface area (Å²) in [4.78, 5) is 4.15. The highest BCUT2D eigenvalue weighted by Crippen LogP contribution is 2.33. The fourth-order valence-corrected chi connectivity index (χ4v) is 2.50. The van der Waals surface area contributed by atoms with Gasteiger partial charge in [-0.2, -0.15) is 4.37 Å². The summed E-state index contributed by atoms with van der Waals surface area (Å²) in [5.74, 6) is 1.13. The molecule has 1 saturated carbocycles. The first-order valence-electron chi connectivity index (χ1n) is 4.97. The molecule has 1 heterocycles. The Hall–Kier alpha value is -0.680. The summed E-state index contributed by atoms with van der Waals surface area (Å²) in [7, 11) is 0. The van der Waals surface area contributed by atoms with E-state index in [0.717, 1.165) is 36.8 Å². The molecule has 0 bridgehead atoms. The molecule has 0 spiro atoms. The molecule has 1 aliphatic rings. The Morgan fingerprint density at radius 1 is 1.57 bits per heavy atom. The SMILES string of the molecule is CCOC1CC(Cc2nc(N)ns2)C1. The Kier molecular flexibility index (Phi) is 2.98. The molecule has 0 radical (unpaired) electrons. The third-order valence-electron chi connectivity index (χ3n) is 2.54. The van der Waals surface area contributed by atoms with E-state index >= 15 is 0 Å². The minimum Gasteiger partial charge on any atom is -0.378 e. The summed E-state index contributed by atoms with van der Waals surface area (Å²) in [5.41, 5.74) is 5.45. The van der Waals surface area contributed by atoms with Crippen LogP contribution in [-0.4, -0.2) is 22.1 Å². The van der Waals surface area contributed by atoms with Crippen LogP contribution in [0.4, 0.5) is 5.95 Å². The first-order valence-corrected chi connectivity index (χ1v) is 5.75. The van der Waals surface area contributed by atoms with E-state index in [9.17, 15) is 0 Å². The molecule has 78 valence electrons. The molecule has 0 saturated heterocycles. The van der Waals surface area contributed by atoms with Gasteiger partial charge in [-0.3, -0.25) is 0 Å². The first kappa shape index (κ1) is 9.86. The second-order valence-electron chi connectivity index (χ2n) is 3.67. The summed E-state index contributed by atoms with van der Waals surface area (Å²) in [6.45, 7) is 2.86. The van der Waals surface area contributed by atoms with Gasteiger partial charge in [0, 0.05) is 13.0 Å². The smallest absolute Gasteiger partial charge is 0.232 e. The van der Waals surface area contributed by atoms with E-state index in [2.05, 4.69) is 9.36 Å². The highest BCUT2D eigenvalue weighted by atomic mass is 32.1. The van der Waals surface area contributed by atoms with Crippen LogP contribution in [0.1, 0.15) is 24.8 Å². The molecule has 5 heteroatoms. The topological polar surface area (TPSA) is 61.0 Å². The van der Waals surface area contributed by atoms with Gasteiger partial charge in [0.15, 0.2) is 0 Å². The van der Waals surface area contributed by atoms with Crippen LogP contribution in [0, 0.1) is 5.92 Å². The van der Waals surface area contributed by atoms with Gasteiger partial charge in [0.2, 0.25) is 5.95 Å². The van der Waals surface area contributed by atoms with Gasteiger partial charge in [-0.15, -0.1) is 0 Å². The minimum absolute atomic E-state index is 0.408. The molecule has 0 aliphatic heterocycles. The lowest BCUT2D eigenvalue weighted by Crippen LogP contribution is -2.32. The van der Waals surface area contributed by atoms with Crippen molar-refractivity contribution in [1.29, 1.82) is 0 Å². The maximum absolute atomic E-state index is 5.49. The number of rotatable bonds is 4. The molecule has 1 aromatic rings. The van der Waals surface area contributed by atoms with Gasteiger partial charge in [-0.25, -0.2) is 4.98 Å². The third-order valence-corrected chi connectivity index (χ3v) is 3.29. The molecule has 0 unspecified atom stereocenters. The fourth-order valence-electron chi connectivity index (χ4n) is 1.81. The predicted octanol–water partition coefficient (Wildman–Crippen LogP) is 1.48. The fraction of sp³-hybridized carbons (Fsp3) is 0.778. The summed E-state index contributed by atoms with van der Waals surface area (Å²) in [6, 6.07) is 0. The van der Waals surface area contributed by atoms with Crippen molar-refractivity contribution in [1.82, 2.24) is 9.36 Å². The molecule has 1 aromatic heterocycles. The lowest BCUT2D eigenvalue weighted by Gasteiger charge is -2.34. The van der Waals surface area contributed by atoms with Gasteiger partial charge >= 0.3 is 0 Å². The van der Waals surface area contributed by atoms with Crippen molar-refractivity contribution in [3.05, 3.63) is 5.01 Å². The molecule has 0 aromatic carbocycles. The van der Waals surface area contributed by atoms with Crippen LogP contribution in [-0.2, 0) is 11.2 Å². The van der Waals surface area contributed by atoms with Crippen LogP contribution in [0.3, 0.4) is 0 Å². The average Bonchev–Trinajstić information content (AvgIpc) is 2.48. The molecule has 1 fully saturated rings. The molecule has 2 N–H and O–H groups in total. The maximum Gasteiger partial charge on any atom is 0.232 e. The van der Waals surface area contributed by atoms with Crippen LogP contribution >= 0.6 is 11.5 Å². The average molecular weight is 213 g/mol. The zero-order valence-electron chi connectivity index (χ0n) is 8.27. The van der Waals surface area contributed by atoms with E-state index in [1.165, 1.54) is 11.5 Å². The number of nitrogen functional groups attached to an aromatic ring is 1. The Balaban J connectivity index is 1.74. The van der Waals surface area contributed by atoms with Gasteiger partial charge < -0.3 is 10.5 Å². The second-order valence-corrected chi connectivity index (χ2v) is 4.50. The monoisotopic (exact) mass is 213 g/mol. The Labute approximate surface area is 87.7 Å². The van der Waals surface area contributed by atoms with Gasteiger partial charge in [0.25, 0.3) is 0 Å². The maximum atomic E-state index is 5.49. The van der Waals surface area contributed by atoms with E-state index in [4.69, 9.17) is 10.5 Å². The van der Waals surface area contributed by atoms with Crippen molar-refractivity contribution >= 4 is 17.5 Å². The zero-order chi connectivity index (χ0) is 9.97. The van der Waals surface area contributed by atoms with E-state index < -0.39 is 0 Å². The lowest BCUT2D eigenvalue weighted by atomic mass is 9.80.